The van der Waals surface area contributed by atoms with Crippen LogP contribution in [0.2, 0.25) is 5.02 Å². The van der Waals surface area contributed by atoms with Crippen molar-refractivity contribution < 1.29 is 19.4 Å². The molecule has 110 valence electrons. The third-order valence-electron chi connectivity index (χ3n) is 4.02. The van der Waals surface area contributed by atoms with Gasteiger partial charge in [-0.1, -0.05) is 23.8 Å². The molecular weight excluding hydrogens is 294 g/mol. The zero-order chi connectivity index (χ0) is 15.2. The van der Waals surface area contributed by atoms with E-state index in [0.717, 1.165) is 0 Å². The maximum absolute atomic E-state index is 12.5. The minimum atomic E-state index is -1.02. The van der Waals surface area contributed by atoms with Crippen molar-refractivity contribution in [3.8, 4) is 0 Å². The number of carboxylic acids is 1. The topological polar surface area (TPSA) is 75.6 Å². The van der Waals surface area contributed by atoms with Gasteiger partial charge in [-0.15, -0.1) is 0 Å². The van der Waals surface area contributed by atoms with E-state index in [2.05, 4.69) is 5.32 Å². The van der Waals surface area contributed by atoms with Crippen molar-refractivity contribution in [1.82, 2.24) is 0 Å². The van der Waals surface area contributed by atoms with Gasteiger partial charge in [-0.25, -0.2) is 0 Å². The molecule has 2 aliphatic rings. The van der Waals surface area contributed by atoms with Crippen LogP contribution in [-0.2, 0) is 14.3 Å². The highest BCUT2D eigenvalue weighted by atomic mass is 35.5. The van der Waals surface area contributed by atoms with Crippen molar-refractivity contribution in [1.29, 1.82) is 0 Å². The smallest absolute Gasteiger partial charge is 0.310 e. The SMILES string of the molecule is C[C@@]12C=C[C@@H](O1)[C@H](C(=O)O)[C@@H]2C(=O)Nc1ccc(Cl)cc1. The quantitative estimate of drug-likeness (QED) is 0.840. The second kappa shape index (κ2) is 4.86. The van der Waals surface area contributed by atoms with E-state index in [-0.39, 0.29) is 5.91 Å². The van der Waals surface area contributed by atoms with E-state index < -0.39 is 29.5 Å². The summed E-state index contributed by atoms with van der Waals surface area (Å²) >= 11 is 5.79. The summed E-state index contributed by atoms with van der Waals surface area (Å²) in [5.74, 6) is -3.02. The lowest BCUT2D eigenvalue weighted by Gasteiger charge is -2.27. The number of nitrogens with one attached hydrogen (secondary N) is 1. The second-order valence-corrected chi connectivity index (χ2v) is 5.90. The van der Waals surface area contributed by atoms with Crippen LogP contribution in [0.25, 0.3) is 0 Å². The van der Waals surface area contributed by atoms with Crippen molar-refractivity contribution in [2.45, 2.75) is 18.6 Å². The third kappa shape index (κ3) is 2.32. The molecule has 0 saturated carbocycles. The number of carbonyl (C=O) groups is 2. The molecule has 4 atom stereocenters. The summed E-state index contributed by atoms with van der Waals surface area (Å²) in [6.07, 6.45) is 2.93. The van der Waals surface area contributed by atoms with Gasteiger partial charge in [0.25, 0.3) is 0 Å². The van der Waals surface area contributed by atoms with Crippen LogP contribution >= 0.6 is 11.6 Å². The summed E-state index contributed by atoms with van der Waals surface area (Å²) < 4.78 is 5.65. The Morgan fingerprint density at radius 1 is 1.33 bits per heavy atom. The van der Waals surface area contributed by atoms with Crippen molar-refractivity contribution >= 4 is 29.2 Å². The summed E-state index contributed by atoms with van der Waals surface area (Å²) in [5.41, 5.74) is -0.298. The van der Waals surface area contributed by atoms with Crippen LogP contribution < -0.4 is 5.32 Å². The number of hydrogen-bond donors (Lipinski definition) is 2. The van der Waals surface area contributed by atoms with Crippen LogP contribution in [0, 0.1) is 11.8 Å². The molecule has 2 N–H and O–H groups in total. The van der Waals surface area contributed by atoms with Crippen molar-refractivity contribution in [2.75, 3.05) is 5.32 Å². The number of aliphatic carboxylic acids is 1. The number of benzene rings is 1. The van der Waals surface area contributed by atoms with E-state index in [1.807, 2.05) is 0 Å². The largest absolute Gasteiger partial charge is 0.481 e. The first-order valence-corrected chi connectivity index (χ1v) is 6.95. The highest BCUT2D eigenvalue weighted by Crippen LogP contribution is 2.47. The molecule has 5 nitrogen and oxygen atoms in total. The van der Waals surface area contributed by atoms with Crippen LogP contribution in [0.1, 0.15) is 6.92 Å². The monoisotopic (exact) mass is 307 g/mol. The van der Waals surface area contributed by atoms with Gasteiger partial charge in [0.2, 0.25) is 5.91 Å². The highest BCUT2D eigenvalue weighted by Gasteiger charge is 2.59. The maximum atomic E-state index is 12.5. The molecule has 1 aromatic rings. The number of hydrogen-bond acceptors (Lipinski definition) is 3. The normalized spacial score (nSPS) is 33.1. The molecule has 3 rings (SSSR count). The van der Waals surface area contributed by atoms with Gasteiger partial charge in [0, 0.05) is 10.7 Å². The predicted molar refractivity (Wildman–Crippen MR) is 77.1 cm³/mol. The Morgan fingerprint density at radius 2 is 2.00 bits per heavy atom. The Balaban J connectivity index is 1.84. The molecule has 1 saturated heterocycles. The number of fused-ring (bicyclic) bond motifs is 2. The van der Waals surface area contributed by atoms with Gasteiger partial charge in [0.1, 0.15) is 5.92 Å². The van der Waals surface area contributed by atoms with E-state index in [1.165, 1.54) is 0 Å². The number of anilines is 1. The minimum absolute atomic E-state index is 0.362. The van der Waals surface area contributed by atoms with Gasteiger partial charge >= 0.3 is 5.97 Å². The van der Waals surface area contributed by atoms with Gasteiger partial charge in [0.05, 0.1) is 17.6 Å². The fourth-order valence-electron chi connectivity index (χ4n) is 3.03. The Bertz CT molecular complexity index is 627. The number of rotatable bonds is 3. The first-order valence-electron chi connectivity index (χ1n) is 6.57. The molecule has 1 amide bonds. The molecule has 2 bridgehead atoms. The summed E-state index contributed by atoms with van der Waals surface area (Å²) in [7, 11) is 0. The molecule has 21 heavy (non-hydrogen) atoms. The molecule has 0 unspecified atom stereocenters. The van der Waals surface area contributed by atoms with Crippen LogP contribution in [0.4, 0.5) is 5.69 Å². The first-order chi connectivity index (χ1) is 9.90. The lowest BCUT2D eigenvalue weighted by molar-refractivity contribution is -0.146. The molecule has 6 heteroatoms. The Morgan fingerprint density at radius 3 is 2.62 bits per heavy atom. The number of halogens is 1. The van der Waals surface area contributed by atoms with Crippen LogP contribution in [-0.4, -0.2) is 28.7 Å². The van der Waals surface area contributed by atoms with E-state index in [4.69, 9.17) is 16.3 Å². The molecule has 2 heterocycles. The molecule has 2 aliphatic heterocycles. The second-order valence-electron chi connectivity index (χ2n) is 5.46. The summed E-state index contributed by atoms with van der Waals surface area (Å²) in [5, 5.41) is 12.7. The summed E-state index contributed by atoms with van der Waals surface area (Å²) in [6, 6.07) is 6.65. The van der Waals surface area contributed by atoms with E-state index >= 15 is 0 Å². The van der Waals surface area contributed by atoms with Gasteiger partial charge in [-0.05, 0) is 31.2 Å². The van der Waals surface area contributed by atoms with E-state index in [1.54, 1.807) is 43.3 Å². The van der Waals surface area contributed by atoms with Crippen LogP contribution in [0.5, 0.6) is 0 Å². The van der Waals surface area contributed by atoms with E-state index in [9.17, 15) is 14.7 Å². The zero-order valence-electron chi connectivity index (χ0n) is 11.2. The van der Waals surface area contributed by atoms with Gasteiger partial charge in [0.15, 0.2) is 0 Å². The first kappa shape index (κ1) is 14.1. The number of carbonyl (C=O) groups excluding carboxylic acids is 1. The van der Waals surface area contributed by atoms with E-state index in [0.29, 0.717) is 10.7 Å². The van der Waals surface area contributed by atoms with Gasteiger partial charge < -0.3 is 15.2 Å². The number of carboxylic acid groups (broad SMARTS) is 1. The number of amides is 1. The van der Waals surface area contributed by atoms with Crippen molar-refractivity contribution in [3.05, 3.63) is 41.4 Å². The lowest BCUT2D eigenvalue weighted by atomic mass is 9.75. The highest BCUT2D eigenvalue weighted by molar-refractivity contribution is 6.30. The number of ether oxygens (including phenoxy) is 1. The third-order valence-corrected chi connectivity index (χ3v) is 4.27. The van der Waals surface area contributed by atoms with Crippen molar-refractivity contribution in [2.24, 2.45) is 11.8 Å². The molecule has 1 aromatic carbocycles. The summed E-state index contributed by atoms with van der Waals surface area (Å²) in [4.78, 5) is 23.9. The van der Waals surface area contributed by atoms with Crippen LogP contribution in [0.3, 0.4) is 0 Å². The van der Waals surface area contributed by atoms with Gasteiger partial charge in [-0.3, -0.25) is 9.59 Å². The molecule has 0 aliphatic carbocycles. The molecule has 0 aromatic heterocycles. The minimum Gasteiger partial charge on any atom is -0.481 e. The zero-order valence-corrected chi connectivity index (χ0v) is 12.0. The Hall–Kier alpha value is -1.85. The molecule has 0 radical (unpaired) electrons. The standard InChI is InChI=1S/C15H14ClNO4/c1-15-7-6-10(21-15)11(14(19)20)12(15)13(18)17-9-4-2-8(16)3-5-9/h2-7,10-12H,1H3,(H,17,18)(H,19,20)/t10-,11+,12-,15+/m1/s1. The van der Waals surface area contributed by atoms with Gasteiger partial charge in [-0.2, -0.15) is 0 Å². The fourth-order valence-corrected chi connectivity index (χ4v) is 3.16. The average Bonchev–Trinajstić information content (AvgIpc) is 2.94. The molecule has 1 fully saturated rings. The predicted octanol–water partition coefficient (Wildman–Crippen LogP) is 2.32. The fraction of sp³-hybridized carbons (Fsp3) is 0.333. The van der Waals surface area contributed by atoms with Crippen molar-refractivity contribution in [3.63, 3.8) is 0 Å². The molecule has 0 spiro atoms. The lowest BCUT2D eigenvalue weighted by Crippen LogP contribution is -2.44. The Kier molecular flexibility index (Phi) is 3.26. The average molecular weight is 308 g/mol. The summed E-state index contributed by atoms with van der Waals surface area (Å²) in [6.45, 7) is 1.73. The maximum Gasteiger partial charge on any atom is 0.310 e. The van der Waals surface area contributed by atoms with Crippen LogP contribution in [0.15, 0.2) is 36.4 Å². The Labute approximate surface area is 126 Å². The molecular formula is C15H14ClNO4.